The number of aromatic nitrogens is 3. The normalized spacial score (nSPS) is 11.1. The molecule has 0 aromatic carbocycles. The molecule has 0 aliphatic carbocycles. The number of H-pyrrole nitrogens is 1. The van der Waals surface area contributed by atoms with E-state index in [1.165, 1.54) is 0 Å². The summed E-state index contributed by atoms with van der Waals surface area (Å²) in [4.78, 5) is 19.3. The molecule has 0 saturated heterocycles. The first kappa shape index (κ1) is 12.5. The van der Waals surface area contributed by atoms with Gasteiger partial charge >= 0.3 is 0 Å². The molecule has 20 heavy (non-hydrogen) atoms. The van der Waals surface area contributed by atoms with E-state index in [2.05, 4.69) is 9.97 Å². The highest BCUT2D eigenvalue weighted by Crippen LogP contribution is 2.25. The summed E-state index contributed by atoms with van der Waals surface area (Å²) < 4.78 is 1.69. The molecule has 0 unspecified atom stereocenters. The van der Waals surface area contributed by atoms with Crippen molar-refractivity contribution < 1.29 is 5.11 Å². The second-order valence-corrected chi connectivity index (χ2v) is 4.92. The first-order valence-electron chi connectivity index (χ1n) is 6.38. The summed E-state index contributed by atoms with van der Waals surface area (Å²) in [7, 11) is 0. The van der Waals surface area contributed by atoms with Gasteiger partial charge in [-0.25, -0.2) is 0 Å². The van der Waals surface area contributed by atoms with Gasteiger partial charge in [-0.05, 0) is 26.0 Å². The van der Waals surface area contributed by atoms with Gasteiger partial charge in [0.25, 0.3) is 0 Å². The molecule has 0 spiro atoms. The zero-order valence-electron chi connectivity index (χ0n) is 11.3. The van der Waals surface area contributed by atoms with Crippen molar-refractivity contribution in [3.63, 3.8) is 0 Å². The molecule has 0 atom stereocenters. The summed E-state index contributed by atoms with van der Waals surface area (Å²) in [5.74, 6) is 0.161. The number of rotatable bonds is 2. The van der Waals surface area contributed by atoms with E-state index >= 15 is 0 Å². The number of nitrogens with zero attached hydrogens (tertiary/aromatic N) is 2. The van der Waals surface area contributed by atoms with E-state index in [4.69, 9.17) is 0 Å². The third-order valence-electron chi connectivity index (χ3n) is 3.57. The first-order valence-corrected chi connectivity index (χ1v) is 6.38. The average molecular weight is 269 g/mol. The Morgan fingerprint density at radius 3 is 2.95 bits per heavy atom. The zero-order chi connectivity index (χ0) is 14.3. The highest BCUT2D eigenvalue weighted by molar-refractivity contribution is 5.84. The Kier molecular flexibility index (Phi) is 2.82. The minimum atomic E-state index is 0.0353. The minimum absolute atomic E-state index is 0.0353. The number of pyridine rings is 2. The number of hydrogen-bond acceptors (Lipinski definition) is 3. The summed E-state index contributed by atoms with van der Waals surface area (Å²) in [6, 6.07) is 3.60. The Morgan fingerprint density at radius 2 is 2.20 bits per heavy atom. The molecule has 5 nitrogen and oxygen atoms in total. The molecule has 0 amide bonds. The van der Waals surface area contributed by atoms with Crippen LogP contribution in [-0.4, -0.2) is 19.6 Å². The van der Waals surface area contributed by atoms with Crippen molar-refractivity contribution in [1.29, 1.82) is 0 Å². The van der Waals surface area contributed by atoms with Gasteiger partial charge in [0, 0.05) is 35.4 Å². The molecular weight excluding hydrogens is 254 g/mol. The molecule has 102 valence electrons. The fourth-order valence-corrected chi connectivity index (χ4v) is 2.33. The number of aromatic amines is 1. The Bertz CT molecular complexity index is 846. The fourth-order valence-electron chi connectivity index (χ4n) is 2.33. The van der Waals surface area contributed by atoms with Crippen LogP contribution >= 0.6 is 0 Å². The van der Waals surface area contributed by atoms with Gasteiger partial charge in [0.15, 0.2) is 5.43 Å². The van der Waals surface area contributed by atoms with Crippen LogP contribution in [0.25, 0.3) is 10.9 Å². The SMILES string of the molecule is Cc1c[nH]c(Cn2cc3ncccc3c2O)c(C)c1=O. The maximum atomic E-state index is 11.9. The van der Waals surface area contributed by atoms with Crippen LogP contribution in [0.5, 0.6) is 5.88 Å². The number of aromatic hydroxyl groups is 1. The fraction of sp³-hybridized carbons (Fsp3) is 0.200. The van der Waals surface area contributed by atoms with E-state index in [0.29, 0.717) is 23.1 Å². The van der Waals surface area contributed by atoms with Crippen LogP contribution in [0.4, 0.5) is 0 Å². The summed E-state index contributed by atoms with van der Waals surface area (Å²) in [6.07, 6.45) is 5.16. The standard InChI is InChI=1S/C15H15N3O2/c1-9-6-17-12(10(2)14(9)19)7-18-8-13-11(15(18)20)4-3-5-16-13/h3-6,8,20H,7H2,1-2H3,(H,17,19). The molecule has 2 N–H and O–H groups in total. The van der Waals surface area contributed by atoms with E-state index in [9.17, 15) is 9.90 Å². The van der Waals surface area contributed by atoms with Gasteiger partial charge in [-0.3, -0.25) is 9.78 Å². The van der Waals surface area contributed by atoms with Gasteiger partial charge in [0.2, 0.25) is 5.88 Å². The Labute approximate surface area is 115 Å². The van der Waals surface area contributed by atoms with E-state index in [1.807, 2.05) is 6.07 Å². The van der Waals surface area contributed by atoms with E-state index in [1.54, 1.807) is 43.1 Å². The van der Waals surface area contributed by atoms with Crippen LogP contribution in [-0.2, 0) is 6.54 Å². The van der Waals surface area contributed by atoms with Crippen LogP contribution in [0.15, 0.2) is 35.5 Å². The molecule has 3 heterocycles. The quantitative estimate of drug-likeness (QED) is 0.748. The number of nitrogens with one attached hydrogen (secondary N) is 1. The van der Waals surface area contributed by atoms with Crippen LogP contribution in [0, 0.1) is 13.8 Å². The Hall–Kier alpha value is -2.56. The lowest BCUT2D eigenvalue weighted by Gasteiger charge is -2.08. The predicted octanol–water partition coefficient (Wildman–Crippen LogP) is 2.10. The van der Waals surface area contributed by atoms with Crippen LogP contribution in [0.1, 0.15) is 16.8 Å². The molecule has 0 bridgehead atoms. The highest BCUT2D eigenvalue weighted by Gasteiger charge is 2.11. The van der Waals surface area contributed by atoms with Gasteiger partial charge < -0.3 is 14.7 Å². The maximum absolute atomic E-state index is 11.9. The third-order valence-corrected chi connectivity index (χ3v) is 3.57. The molecular formula is C15H15N3O2. The number of aryl methyl sites for hydroxylation is 1. The first-order chi connectivity index (χ1) is 9.58. The van der Waals surface area contributed by atoms with Gasteiger partial charge in [-0.1, -0.05) is 0 Å². The number of hydrogen-bond donors (Lipinski definition) is 2. The van der Waals surface area contributed by atoms with Crippen molar-refractivity contribution >= 4 is 10.9 Å². The topological polar surface area (TPSA) is 70.9 Å². The monoisotopic (exact) mass is 269 g/mol. The van der Waals surface area contributed by atoms with Gasteiger partial charge in [-0.15, -0.1) is 0 Å². The Morgan fingerprint density at radius 1 is 1.40 bits per heavy atom. The highest BCUT2D eigenvalue weighted by atomic mass is 16.3. The lowest BCUT2D eigenvalue weighted by molar-refractivity contribution is 0.429. The van der Waals surface area contributed by atoms with Crippen LogP contribution in [0.3, 0.4) is 0 Å². The number of fused-ring (bicyclic) bond motifs is 1. The smallest absolute Gasteiger partial charge is 0.201 e. The molecule has 0 radical (unpaired) electrons. The van der Waals surface area contributed by atoms with Crippen molar-refractivity contribution in [1.82, 2.24) is 14.5 Å². The molecule has 3 aromatic heterocycles. The molecule has 0 fully saturated rings. The predicted molar refractivity (Wildman–Crippen MR) is 77.0 cm³/mol. The van der Waals surface area contributed by atoms with E-state index in [-0.39, 0.29) is 11.3 Å². The summed E-state index contributed by atoms with van der Waals surface area (Å²) in [6.45, 7) is 3.98. The molecule has 0 aliphatic rings. The zero-order valence-corrected chi connectivity index (χ0v) is 11.3. The van der Waals surface area contributed by atoms with Gasteiger partial charge in [0.05, 0.1) is 17.4 Å². The lowest BCUT2D eigenvalue weighted by atomic mass is 10.1. The molecule has 3 aromatic rings. The van der Waals surface area contributed by atoms with Crippen molar-refractivity contribution in [2.75, 3.05) is 0 Å². The lowest BCUT2D eigenvalue weighted by Crippen LogP contribution is -2.15. The van der Waals surface area contributed by atoms with Crippen LogP contribution in [0.2, 0.25) is 0 Å². The van der Waals surface area contributed by atoms with Gasteiger partial charge in [0.1, 0.15) is 0 Å². The molecule has 5 heteroatoms. The summed E-state index contributed by atoms with van der Waals surface area (Å²) in [5.41, 5.74) is 2.92. The largest absolute Gasteiger partial charge is 0.494 e. The molecule has 3 rings (SSSR count). The third kappa shape index (κ3) is 1.87. The second kappa shape index (κ2) is 4.52. The summed E-state index contributed by atoms with van der Waals surface area (Å²) >= 11 is 0. The van der Waals surface area contributed by atoms with Crippen LogP contribution < -0.4 is 5.43 Å². The van der Waals surface area contributed by atoms with Crippen molar-refractivity contribution in [2.45, 2.75) is 20.4 Å². The molecule has 0 saturated carbocycles. The van der Waals surface area contributed by atoms with E-state index < -0.39 is 0 Å². The second-order valence-electron chi connectivity index (χ2n) is 4.92. The minimum Gasteiger partial charge on any atom is -0.494 e. The van der Waals surface area contributed by atoms with Crippen molar-refractivity contribution in [2.24, 2.45) is 0 Å². The average Bonchev–Trinajstić information content (AvgIpc) is 2.77. The van der Waals surface area contributed by atoms with Crippen molar-refractivity contribution in [3.05, 3.63) is 57.8 Å². The van der Waals surface area contributed by atoms with E-state index in [0.717, 1.165) is 11.2 Å². The van der Waals surface area contributed by atoms with Crippen molar-refractivity contribution in [3.8, 4) is 5.88 Å². The Balaban J connectivity index is 2.08. The van der Waals surface area contributed by atoms with Gasteiger partial charge in [-0.2, -0.15) is 0 Å². The maximum Gasteiger partial charge on any atom is 0.201 e. The molecule has 0 aliphatic heterocycles. The summed E-state index contributed by atoms with van der Waals surface area (Å²) in [5, 5.41) is 10.9.